The van der Waals surface area contributed by atoms with E-state index in [-0.39, 0.29) is 6.09 Å². The molecule has 0 radical (unpaired) electrons. The molecule has 4 nitrogen and oxygen atoms in total. The van der Waals surface area contributed by atoms with Gasteiger partial charge in [-0.2, -0.15) is 5.26 Å². The summed E-state index contributed by atoms with van der Waals surface area (Å²) in [7, 11) is 1.41. The van der Waals surface area contributed by atoms with E-state index in [0.29, 0.717) is 11.8 Å². The number of methoxy groups -OCH3 is 1. The van der Waals surface area contributed by atoms with Gasteiger partial charge in [-0.05, 0) is 31.1 Å². The summed E-state index contributed by atoms with van der Waals surface area (Å²) in [4.78, 5) is 13.2. The van der Waals surface area contributed by atoms with E-state index in [1.54, 1.807) is 4.90 Å². The van der Waals surface area contributed by atoms with Gasteiger partial charge in [-0.1, -0.05) is 6.08 Å². The van der Waals surface area contributed by atoms with Crippen LogP contribution in [0.5, 0.6) is 0 Å². The molecule has 0 spiro atoms. The summed E-state index contributed by atoms with van der Waals surface area (Å²) in [6, 6.07) is 2.22. The highest BCUT2D eigenvalue weighted by Crippen LogP contribution is 2.35. The molecule has 0 aromatic rings. The predicted molar refractivity (Wildman–Crippen MR) is 58.5 cm³/mol. The van der Waals surface area contributed by atoms with Crippen molar-refractivity contribution in [2.45, 2.75) is 19.3 Å². The fourth-order valence-electron chi connectivity index (χ4n) is 2.67. The lowest BCUT2D eigenvalue weighted by molar-refractivity contribution is 0.0811. The van der Waals surface area contributed by atoms with Crippen molar-refractivity contribution in [3.8, 4) is 6.07 Å². The lowest BCUT2D eigenvalue weighted by Crippen LogP contribution is -2.44. The molecule has 2 aliphatic rings. The molecule has 1 heterocycles. The summed E-state index contributed by atoms with van der Waals surface area (Å²) in [6.07, 6.45) is 4.63. The van der Waals surface area contributed by atoms with E-state index in [9.17, 15) is 4.79 Å². The zero-order valence-corrected chi connectivity index (χ0v) is 9.48. The number of rotatable bonds is 0. The minimum atomic E-state index is -0.244. The summed E-state index contributed by atoms with van der Waals surface area (Å²) < 4.78 is 4.73. The topological polar surface area (TPSA) is 53.3 Å². The van der Waals surface area contributed by atoms with Crippen LogP contribution in [0.3, 0.4) is 0 Å². The Morgan fingerprint density at radius 1 is 1.62 bits per heavy atom. The number of hydrogen-bond acceptors (Lipinski definition) is 3. The van der Waals surface area contributed by atoms with Gasteiger partial charge < -0.3 is 9.64 Å². The zero-order valence-electron chi connectivity index (χ0n) is 9.48. The van der Waals surface area contributed by atoms with Crippen LogP contribution in [0.4, 0.5) is 4.79 Å². The van der Waals surface area contributed by atoms with Crippen molar-refractivity contribution >= 4 is 6.09 Å². The van der Waals surface area contributed by atoms with Gasteiger partial charge in [0.1, 0.15) is 0 Å². The van der Waals surface area contributed by atoms with Gasteiger partial charge in [-0.15, -0.1) is 0 Å². The Bertz CT molecular complexity index is 357. The highest BCUT2D eigenvalue weighted by molar-refractivity contribution is 5.67. The van der Waals surface area contributed by atoms with Crippen LogP contribution in [-0.4, -0.2) is 31.2 Å². The first kappa shape index (κ1) is 11.0. The molecule has 2 rings (SSSR count). The number of carbonyl (C=O) groups is 1. The Morgan fingerprint density at radius 2 is 2.44 bits per heavy atom. The highest BCUT2D eigenvalue weighted by Gasteiger charge is 2.33. The zero-order chi connectivity index (χ0) is 11.5. The molecule has 1 fully saturated rings. The molecule has 86 valence electrons. The molecule has 2 atom stereocenters. The number of nitriles is 1. The number of hydrogen-bond donors (Lipinski definition) is 0. The van der Waals surface area contributed by atoms with Crippen molar-refractivity contribution < 1.29 is 9.53 Å². The third-order valence-corrected chi connectivity index (χ3v) is 3.62. The normalized spacial score (nSPS) is 28.8. The number of nitrogens with zero attached hydrogens (tertiary/aromatic N) is 2. The average molecular weight is 220 g/mol. The van der Waals surface area contributed by atoms with E-state index in [0.717, 1.165) is 37.9 Å². The second kappa shape index (κ2) is 4.56. The smallest absolute Gasteiger partial charge is 0.409 e. The lowest BCUT2D eigenvalue weighted by atomic mass is 9.76. The minimum absolute atomic E-state index is 0.244. The van der Waals surface area contributed by atoms with Crippen LogP contribution < -0.4 is 0 Å². The van der Waals surface area contributed by atoms with Crippen LogP contribution in [-0.2, 0) is 4.74 Å². The maximum atomic E-state index is 11.4. The van der Waals surface area contributed by atoms with Crippen LogP contribution in [0.1, 0.15) is 19.3 Å². The molecule has 0 aromatic carbocycles. The molecule has 1 amide bonds. The number of piperidine rings is 1. The molecule has 1 aliphatic carbocycles. The molecule has 0 N–H and O–H groups in total. The molecule has 1 aliphatic heterocycles. The number of ether oxygens (including phenoxy) is 1. The molecule has 0 unspecified atom stereocenters. The van der Waals surface area contributed by atoms with E-state index in [4.69, 9.17) is 10.00 Å². The third kappa shape index (κ3) is 2.04. The second-order valence-corrected chi connectivity index (χ2v) is 4.51. The van der Waals surface area contributed by atoms with Crippen molar-refractivity contribution in [1.82, 2.24) is 4.90 Å². The molecule has 1 saturated heterocycles. The first-order valence-corrected chi connectivity index (χ1v) is 5.66. The van der Waals surface area contributed by atoms with Gasteiger partial charge in [0.15, 0.2) is 0 Å². The summed E-state index contributed by atoms with van der Waals surface area (Å²) in [5, 5.41) is 8.88. The molecular weight excluding hydrogens is 204 g/mol. The number of amides is 1. The third-order valence-electron chi connectivity index (χ3n) is 3.62. The Hall–Kier alpha value is -1.50. The number of likely N-dealkylation sites (tertiary alicyclic amines) is 1. The van der Waals surface area contributed by atoms with Gasteiger partial charge in [0.2, 0.25) is 0 Å². The van der Waals surface area contributed by atoms with Crippen LogP contribution in [0, 0.1) is 23.2 Å². The summed E-state index contributed by atoms with van der Waals surface area (Å²) >= 11 is 0. The maximum Gasteiger partial charge on any atom is 0.409 e. The largest absolute Gasteiger partial charge is 0.453 e. The van der Waals surface area contributed by atoms with Gasteiger partial charge in [0.05, 0.1) is 13.2 Å². The van der Waals surface area contributed by atoms with Crippen LogP contribution in [0.25, 0.3) is 0 Å². The van der Waals surface area contributed by atoms with E-state index in [1.165, 1.54) is 7.11 Å². The second-order valence-electron chi connectivity index (χ2n) is 4.51. The molecule has 4 heteroatoms. The average Bonchev–Trinajstić information content (AvgIpc) is 2.36. The van der Waals surface area contributed by atoms with Crippen molar-refractivity contribution in [1.29, 1.82) is 5.26 Å². The Balaban J connectivity index is 2.02. The van der Waals surface area contributed by atoms with E-state index in [2.05, 4.69) is 12.1 Å². The molecular formula is C12H16N2O2. The fraction of sp³-hybridized carbons (Fsp3) is 0.667. The van der Waals surface area contributed by atoms with E-state index >= 15 is 0 Å². The summed E-state index contributed by atoms with van der Waals surface area (Å²) in [6.45, 7) is 1.51. The number of carbonyl (C=O) groups excluding carboxylic acids is 1. The predicted octanol–water partition coefficient (Wildman–Crippen LogP) is 1.93. The highest BCUT2D eigenvalue weighted by atomic mass is 16.5. The van der Waals surface area contributed by atoms with Crippen LogP contribution in [0.15, 0.2) is 11.6 Å². The SMILES string of the molecule is COC(=O)N1CC[C@H]2CC=C(C#N)C[C@@H]2C1. The Kier molecular flexibility index (Phi) is 3.14. The standard InChI is InChI=1S/C12H16N2O2/c1-16-12(15)14-5-4-10-3-2-9(7-13)6-11(10)8-14/h2,10-11H,3-6,8H2,1H3/t10-,11-/m1/s1. The van der Waals surface area contributed by atoms with Gasteiger partial charge >= 0.3 is 6.09 Å². The van der Waals surface area contributed by atoms with Gasteiger partial charge in [-0.3, -0.25) is 0 Å². The lowest BCUT2D eigenvalue weighted by Gasteiger charge is -2.39. The molecule has 0 bridgehead atoms. The Labute approximate surface area is 95.5 Å². The summed E-state index contributed by atoms with van der Waals surface area (Å²) in [5.41, 5.74) is 0.868. The van der Waals surface area contributed by atoms with Crippen LogP contribution >= 0.6 is 0 Å². The van der Waals surface area contributed by atoms with Crippen molar-refractivity contribution in [3.63, 3.8) is 0 Å². The number of fused-ring (bicyclic) bond motifs is 1. The summed E-state index contributed by atoms with van der Waals surface area (Å²) in [5.74, 6) is 1.07. The maximum absolute atomic E-state index is 11.4. The van der Waals surface area contributed by atoms with Crippen molar-refractivity contribution in [2.75, 3.05) is 20.2 Å². The van der Waals surface area contributed by atoms with Crippen molar-refractivity contribution in [3.05, 3.63) is 11.6 Å². The van der Waals surface area contributed by atoms with E-state index in [1.807, 2.05) is 0 Å². The molecule has 0 aromatic heterocycles. The fourth-order valence-corrected chi connectivity index (χ4v) is 2.67. The molecule has 0 saturated carbocycles. The molecule has 16 heavy (non-hydrogen) atoms. The van der Waals surface area contributed by atoms with Gasteiger partial charge in [0, 0.05) is 18.7 Å². The quantitative estimate of drug-likeness (QED) is 0.626. The first-order chi connectivity index (χ1) is 7.74. The van der Waals surface area contributed by atoms with Crippen molar-refractivity contribution in [2.24, 2.45) is 11.8 Å². The van der Waals surface area contributed by atoms with Crippen LogP contribution in [0.2, 0.25) is 0 Å². The van der Waals surface area contributed by atoms with Gasteiger partial charge in [0.25, 0.3) is 0 Å². The number of allylic oxidation sites excluding steroid dienone is 2. The Morgan fingerprint density at radius 3 is 3.12 bits per heavy atom. The monoisotopic (exact) mass is 220 g/mol. The van der Waals surface area contributed by atoms with Gasteiger partial charge in [-0.25, -0.2) is 4.79 Å². The van der Waals surface area contributed by atoms with E-state index < -0.39 is 0 Å². The first-order valence-electron chi connectivity index (χ1n) is 5.66. The minimum Gasteiger partial charge on any atom is -0.453 e.